The van der Waals surface area contributed by atoms with Crippen molar-refractivity contribution in [3.05, 3.63) is 47.1 Å². The van der Waals surface area contributed by atoms with E-state index in [9.17, 15) is 4.79 Å². The fraction of sp³-hybridized carbons (Fsp3) is 0.412. The van der Waals surface area contributed by atoms with E-state index < -0.39 is 0 Å². The number of nitrogens with zero attached hydrogens (tertiary/aromatic N) is 2. The number of amides is 1. The zero-order valence-electron chi connectivity index (χ0n) is 13.3. The topological polar surface area (TPSA) is 72.9 Å². The van der Waals surface area contributed by atoms with E-state index in [0.29, 0.717) is 29.7 Å². The summed E-state index contributed by atoms with van der Waals surface area (Å²) in [5.41, 5.74) is 7.11. The van der Waals surface area contributed by atoms with Crippen molar-refractivity contribution < 1.29 is 4.79 Å². The second-order valence-corrected chi connectivity index (χ2v) is 6.54. The predicted molar refractivity (Wildman–Crippen MR) is 98.6 cm³/mol. The summed E-state index contributed by atoms with van der Waals surface area (Å²) in [6.07, 6.45) is 5.35. The van der Waals surface area contributed by atoms with Gasteiger partial charge in [0, 0.05) is 23.6 Å². The minimum atomic E-state index is 0. The van der Waals surface area contributed by atoms with Crippen molar-refractivity contribution >= 4 is 35.7 Å². The zero-order chi connectivity index (χ0) is 16.2. The van der Waals surface area contributed by atoms with Crippen LogP contribution in [-0.2, 0) is 11.3 Å². The van der Waals surface area contributed by atoms with E-state index in [1.165, 1.54) is 0 Å². The molecule has 24 heavy (non-hydrogen) atoms. The summed E-state index contributed by atoms with van der Waals surface area (Å²) in [4.78, 5) is 12.2. The van der Waals surface area contributed by atoms with Gasteiger partial charge in [0.2, 0.25) is 5.91 Å². The number of hydrogen-bond acceptors (Lipinski definition) is 3. The van der Waals surface area contributed by atoms with Gasteiger partial charge >= 0.3 is 0 Å². The summed E-state index contributed by atoms with van der Waals surface area (Å²) in [6.45, 7) is 0.586. The van der Waals surface area contributed by atoms with Crippen LogP contribution in [0.4, 0.5) is 5.82 Å². The van der Waals surface area contributed by atoms with E-state index in [1.807, 2.05) is 30.3 Å². The second kappa shape index (κ2) is 8.51. The molecule has 3 rings (SSSR count). The highest BCUT2D eigenvalue weighted by molar-refractivity contribution is 6.30. The highest BCUT2D eigenvalue weighted by Crippen LogP contribution is 2.27. The molecule has 1 fully saturated rings. The first kappa shape index (κ1) is 18.8. The summed E-state index contributed by atoms with van der Waals surface area (Å²) in [5.74, 6) is 1.00. The Hall–Kier alpha value is -1.56. The standard InChI is InChI=1S/C17H21ClN4O.ClH/c18-14-6-4-12(5-7-14)11-22-16(8-9-20-22)21-17(23)10-13-2-1-3-15(13)19;/h4-9,13,15H,1-3,10-11,19H2,(H,21,23);1H/t13-,15+;/m0./s1. The van der Waals surface area contributed by atoms with Crippen LogP contribution >= 0.6 is 24.0 Å². The summed E-state index contributed by atoms with van der Waals surface area (Å²) in [7, 11) is 0. The maximum absolute atomic E-state index is 12.2. The Balaban J connectivity index is 0.00000208. The van der Waals surface area contributed by atoms with Crippen molar-refractivity contribution in [3.63, 3.8) is 0 Å². The van der Waals surface area contributed by atoms with Crippen molar-refractivity contribution in [2.45, 2.75) is 38.3 Å². The number of carbonyl (C=O) groups excluding carboxylic acids is 1. The molecule has 7 heteroatoms. The fourth-order valence-electron chi connectivity index (χ4n) is 3.08. The quantitative estimate of drug-likeness (QED) is 0.848. The van der Waals surface area contributed by atoms with Crippen LogP contribution in [0.3, 0.4) is 0 Å². The number of rotatable bonds is 5. The molecular formula is C17H22Cl2N4O. The van der Waals surface area contributed by atoms with Gasteiger partial charge in [-0.2, -0.15) is 5.10 Å². The Morgan fingerprint density at radius 2 is 2.04 bits per heavy atom. The van der Waals surface area contributed by atoms with Crippen LogP contribution in [0, 0.1) is 5.92 Å². The molecular weight excluding hydrogens is 347 g/mol. The highest BCUT2D eigenvalue weighted by Gasteiger charge is 2.26. The average molecular weight is 369 g/mol. The van der Waals surface area contributed by atoms with Crippen molar-refractivity contribution in [3.8, 4) is 0 Å². The number of halogens is 2. The SMILES string of the molecule is Cl.N[C@@H]1CCC[C@H]1CC(=O)Nc1ccnn1Cc1ccc(Cl)cc1. The van der Waals surface area contributed by atoms with Gasteiger partial charge in [0.25, 0.3) is 0 Å². The van der Waals surface area contributed by atoms with E-state index in [1.54, 1.807) is 10.9 Å². The minimum absolute atomic E-state index is 0. The number of nitrogens with two attached hydrogens (primary N) is 1. The van der Waals surface area contributed by atoms with Crippen LogP contribution in [-0.4, -0.2) is 21.7 Å². The van der Waals surface area contributed by atoms with Gasteiger partial charge in [0.15, 0.2) is 0 Å². The molecule has 0 spiro atoms. The van der Waals surface area contributed by atoms with Crippen LogP contribution in [0.25, 0.3) is 0 Å². The average Bonchev–Trinajstić information content (AvgIpc) is 3.12. The van der Waals surface area contributed by atoms with Gasteiger partial charge in [-0.1, -0.05) is 30.2 Å². The van der Waals surface area contributed by atoms with E-state index in [0.717, 1.165) is 24.8 Å². The molecule has 1 amide bonds. The normalized spacial score (nSPS) is 19.8. The first-order chi connectivity index (χ1) is 11.1. The van der Waals surface area contributed by atoms with E-state index >= 15 is 0 Å². The molecule has 1 saturated carbocycles. The van der Waals surface area contributed by atoms with Crippen molar-refractivity contribution in [1.82, 2.24) is 9.78 Å². The smallest absolute Gasteiger partial charge is 0.225 e. The zero-order valence-corrected chi connectivity index (χ0v) is 14.9. The second-order valence-electron chi connectivity index (χ2n) is 6.11. The number of aromatic nitrogens is 2. The first-order valence-corrected chi connectivity index (χ1v) is 8.31. The van der Waals surface area contributed by atoms with Crippen molar-refractivity contribution in [1.29, 1.82) is 0 Å². The molecule has 1 heterocycles. The Labute approximate surface area is 153 Å². The largest absolute Gasteiger partial charge is 0.327 e. The van der Waals surface area contributed by atoms with Crippen molar-refractivity contribution in [2.75, 3.05) is 5.32 Å². The van der Waals surface area contributed by atoms with Gasteiger partial charge in [0.1, 0.15) is 5.82 Å². The summed E-state index contributed by atoms with van der Waals surface area (Å²) >= 11 is 5.90. The van der Waals surface area contributed by atoms with Crippen LogP contribution in [0.1, 0.15) is 31.2 Å². The number of benzene rings is 1. The molecule has 0 aliphatic heterocycles. The molecule has 2 atom stereocenters. The van der Waals surface area contributed by atoms with Gasteiger partial charge in [-0.25, -0.2) is 4.68 Å². The lowest BCUT2D eigenvalue weighted by Gasteiger charge is -2.15. The van der Waals surface area contributed by atoms with Gasteiger partial charge in [-0.05, 0) is 36.5 Å². The van der Waals surface area contributed by atoms with Crippen molar-refractivity contribution in [2.24, 2.45) is 11.7 Å². The Morgan fingerprint density at radius 1 is 1.29 bits per heavy atom. The molecule has 0 bridgehead atoms. The molecule has 2 aromatic rings. The molecule has 5 nitrogen and oxygen atoms in total. The van der Waals surface area contributed by atoms with E-state index in [4.69, 9.17) is 17.3 Å². The van der Waals surface area contributed by atoms with E-state index in [2.05, 4.69) is 10.4 Å². The lowest BCUT2D eigenvalue weighted by Crippen LogP contribution is -2.28. The van der Waals surface area contributed by atoms with Gasteiger partial charge in [-0.3, -0.25) is 4.79 Å². The van der Waals surface area contributed by atoms with Crippen LogP contribution in [0.2, 0.25) is 5.02 Å². The van der Waals surface area contributed by atoms with Gasteiger partial charge in [-0.15, -0.1) is 12.4 Å². The third-order valence-electron chi connectivity index (χ3n) is 4.40. The molecule has 130 valence electrons. The molecule has 1 aromatic carbocycles. The fourth-order valence-corrected chi connectivity index (χ4v) is 3.20. The summed E-state index contributed by atoms with van der Waals surface area (Å²) < 4.78 is 1.77. The first-order valence-electron chi connectivity index (χ1n) is 7.93. The van der Waals surface area contributed by atoms with Crippen LogP contribution < -0.4 is 11.1 Å². The number of nitrogens with one attached hydrogen (secondary N) is 1. The van der Waals surface area contributed by atoms with Gasteiger partial charge < -0.3 is 11.1 Å². The van der Waals surface area contributed by atoms with E-state index in [-0.39, 0.29) is 24.4 Å². The van der Waals surface area contributed by atoms with Crippen LogP contribution in [0.5, 0.6) is 0 Å². The molecule has 1 aliphatic rings. The molecule has 0 saturated heterocycles. The summed E-state index contributed by atoms with van der Waals surface area (Å²) in [6, 6.07) is 9.56. The minimum Gasteiger partial charge on any atom is -0.327 e. The molecule has 1 aromatic heterocycles. The highest BCUT2D eigenvalue weighted by atomic mass is 35.5. The molecule has 0 unspecified atom stereocenters. The Kier molecular flexibility index (Phi) is 6.66. The number of hydrogen-bond donors (Lipinski definition) is 2. The third kappa shape index (κ3) is 4.72. The third-order valence-corrected chi connectivity index (χ3v) is 4.65. The lowest BCUT2D eigenvalue weighted by molar-refractivity contribution is -0.117. The Bertz CT molecular complexity index is 671. The number of anilines is 1. The molecule has 0 radical (unpaired) electrons. The maximum atomic E-state index is 12.2. The summed E-state index contributed by atoms with van der Waals surface area (Å²) in [5, 5.41) is 7.93. The number of carbonyl (C=O) groups is 1. The maximum Gasteiger partial charge on any atom is 0.225 e. The molecule has 3 N–H and O–H groups in total. The van der Waals surface area contributed by atoms with Crippen LogP contribution in [0.15, 0.2) is 36.5 Å². The monoisotopic (exact) mass is 368 g/mol. The Morgan fingerprint density at radius 3 is 2.71 bits per heavy atom. The lowest BCUT2D eigenvalue weighted by atomic mass is 10.00. The van der Waals surface area contributed by atoms with Gasteiger partial charge in [0.05, 0.1) is 12.7 Å². The molecule has 1 aliphatic carbocycles. The predicted octanol–water partition coefficient (Wildman–Crippen LogP) is 3.46.